The highest BCUT2D eigenvalue weighted by Gasteiger charge is 2.10. The second-order valence-corrected chi connectivity index (χ2v) is 1.50. The summed E-state index contributed by atoms with van der Waals surface area (Å²) in [5.74, 6) is -4.66. The monoisotopic (exact) mass is 198 g/mol. The van der Waals surface area contributed by atoms with Gasteiger partial charge < -0.3 is 0 Å². The Balaban J connectivity index is 0. The molecule has 0 radical (unpaired) electrons. The van der Waals surface area contributed by atoms with E-state index in [-0.39, 0.29) is 0 Å². The summed E-state index contributed by atoms with van der Waals surface area (Å²) >= 11 is 0. The van der Waals surface area contributed by atoms with Crippen LogP contribution in [0.5, 0.6) is 0 Å². The lowest BCUT2D eigenvalue weighted by atomic mass is 10.5. The van der Waals surface area contributed by atoms with E-state index in [1.54, 1.807) is 12.2 Å². The fourth-order valence-electron chi connectivity index (χ4n) is 0.138. The molecule has 0 spiro atoms. The maximum absolute atomic E-state index is 11.4. The van der Waals surface area contributed by atoms with E-state index in [0.29, 0.717) is 0 Å². The van der Waals surface area contributed by atoms with E-state index in [2.05, 4.69) is 13.2 Å². The first-order valence-electron chi connectivity index (χ1n) is 2.91. The van der Waals surface area contributed by atoms with E-state index >= 15 is 0 Å². The topological polar surface area (TPSA) is 0 Å². The molecule has 0 aliphatic rings. The van der Waals surface area contributed by atoms with Crippen molar-refractivity contribution in [3.63, 3.8) is 0 Å². The van der Waals surface area contributed by atoms with E-state index in [9.17, 15) is 22.0 Å². The SMILES string of the molecule is C=CC=C.F/C=C(\F)C(F)=C(F)F. The fourth-order valence-corrected chi connectivity index (χ4v) is 0.138. The van der Waals surface area contributed by atoms with Crippen molar-refractivity contribution in [2.24, 2.45) is 0 Å². The van der Waals surface area contributed by atoms with Gasteiger partial charge >= 0.3 is 6.08 Å². The molecule has 0 saturated carbocycles. The number of rotatable bonds is 2. The Kier molecular flexibility index (Phi) is 9.48. The summed E-state index contributed by atoms with van der Waals surface area (Å²) < 4.78 is 55.4. The first-order chi connectivity index (χ1) is 6.01. The van der Waals surface area contributed by atoms with E-state index in [1.807, 2.05) is 0 Å². The summed E-state index contributed by atoms with van der Waals surface area (Å²) in [5.41, 5.74) is 0. The summed E-state index contributed by atoms with van der Waals surface area (Å²) in [6.45, 7) is 6.72. The molecule has 0 unspecified atom stereocenters. The minimum Gasteiger partial charge on any atom is -0.212 e. The summed E-state index contributed by atoms with van der Waals surface area (Å²) in [6, 6.07) is 0. The summed E-state index contributed by atoms with van der Waals surface area (Å²) in [7, 11) is 0. The van der Waals surface area contributed by atoms with Gasteiger partial charge in [-0.3, -0.25) is 0 Å². The van der Waals surface area contributed by atoms with Gasteiger partial charge in [-0.1, -0.05) is 25.3 Å². The molecule has 0 aliphatic heterocycles. The molecule has 0 N–H and O–H groups in total. The highest BCUT2D eigenvalue weighted by atomic mass is 19.3. The number of halogens is 5. The van der Waals surface area contributed by atoms with E-state index in [1.165, 1.54) is 0 Å². The van der Waals surface area contributed by atoms with Gasteiger partial charge in [-0.2, -0.15) is 13.2 Å². The molecule has 0 heterocycles. The first kappa shape index (κ1) is 14.2. The Bertz CT molecular complexity index is 217. The third-order valence-corrected chi connectivity index (χ3v) is 0.638. The number of hydrogen-bond acceptors (Lipinski definition) is 0. The molecule has 0 aromatic rings. The minimum absolute atomic E-state index is 0.880. The second kappa shape index (κ2) is 8.70. The van der Waals surface area contributed by atoms with E-state index < -0.39 is 24.1 Å². The van der Waals surface area contributed by atoms with Crippen LogP contribution in [0, 0.1) is 0 Å². The molecule has 0 aromatic heterocycles. The van der Waals surface area contributed by atoms with Crippen LogP contribution in [0.15, 0.2) is 49.4 Å². The zero-order valence-corrected chi connectivity index (χ0v) is 6.54. The number of hydrogen-bond donors (Lipinski definition) is 0. The van der Waals surface area contributed by atoms with Crippen molar-refractivity contribution in [2.75, 3.05) is 0 Å². The van der Waals surface area contributed by atoms with Crippen LogP contribution >= 0.6 is 0 Å². The van der Waals surface area contributed by atoms with Crippen molar-refractivity contribution in [1.29, 1.82) is 0 Å². The van der Waals surface area contributed by atoms with Crippen LogP contribution in [0.3, 0.4) is 0 Å². The Morgan fingerprint density at radius 1 is 0.923 bits per heavy atom. The lowest BCUT2D eigenvalue weighted by Gasteiger charge is -1.84. The van der Waals surface area contributed by atoms with Gasteiger partial charge in [-0.25, -0.2) is 8.78 Å². The molecule has 0 atom stereocenters. The van der Waals surface area contributed by atoms with Crippen LogP contribution in [-0.4, -0.2) is 0 Å². The van der Waals surface area contributed by atoms with Crippen LogP contribution < -0.4 is 0 Å². The second-order valence-electron chi connectivity index (χ2n) is 1.50. The normalized spacial score (nSPS) is 9.46. The Morgan fingerprint density at radius 3 is 1.38 bits per heavy atom. The molecule has 0 aliphatic carbocycles. The van der Waals surface area contributed by atoms with Crippen molar-refractivity contribution in [3.05, 3.63) is 49.4 Å². The summed E-state index contributed by atoms with van der Waals surface area (Å²) in [6.07, 6.45) is -0.476. The Hall–Kier alpha value is -1.39. The number of allylic oxidation sites excluding steroid dienone is 4. The van der Waals surface area contributed by atoms with E-state index in [4.69, 9.17) is 0 Å². The fraction of sp³-hybridized carbons (Fsp3) is 0. The van der Waals surface area contributed by atoms with Gasteiger partial charge in [-0.15, -0.1) is 0 Å². The molecule has 0 amide bonds. The lowest BCUT2D eigenvalue weighted by Crippen LogP contribution is -1.74. The van der Waals surface area contributed by atoms with Gasteiger partial charge in [0, 0.05) is 0 Å². The van der Waals surface area contributed by atoms with Gasteiger partial charge in [-0.05, 0) is 0 Å². The zero-order valence-electron chi connectivity index (χ0n) is 6.54. The molecule has 0 bridgehead atoms. The molecular weight excluding hydrogens is 191 g/mol. The highest BCUT2D eigenvalue weighted by molar-refractivity contribution is 5.16. The first-order valence-corrected chi connectivity index (χ1v) is 2.91. The van der Waals surface area contributed by atoms with Crippen molar-refractivity contribution >= 4 is 0 Å². The molecular formula is C8H7F5. The molecule has 0 nitrogen and oxygen atoms in total. The van der Waals surface area contributed by atoms with Crippen molar-refractivity contribution in [1.82, 2.24) is 0 Å². The minimum atomic E-state index is -2.87. The van der Waals surface area contributed by atoms with Crippen LogP contribution in [0.2, 0.25) is 0 Å². The molecule has 0 rings (SSSR count). The predicted molar refractivity (Wildman–Crippen MR) is 41.0 cm³/mol. The Morgan fingerprint density at radius 2 is 1.31 bits per heavy atom. The van der Waals surface area contributed by atoms with Gasteiger partial charge in [0.2, 0.25) is 5.83 Å². The largest absolute Gasteiger partial charge is 0.308 e. The predicted octanol–water partition coefficient (Wildman–Crippen LogP) is 4.20. The standard InChI is InChI=1S/C4HF5.C4H6/c5-1-2(6)3(7)4(8)9;1-3-4-2/h1H;3-4H,1-2H2/b2-1-;. The maximum atomic E-state index is 11.4. The molecule has 0 saturated heterocycles. The van der Waals surface area contributed by atoms with Crippen LogP contribution in [0.1, 0.15) is 0 Å². The van der Waals surface area contributed by atoms with Gasteiger partial charge in [0.25, 0.3) is 0 Å². The smallest absolute Gasteiger partial charge is 0.212 e. The molecule has 5 heteroatoms. The maximum Gasteiger partial charge on any atom is 0.308 e. The van der Waals surface area contributed by atoms with Crippen molar-refractivity contribution in [3.8, 4) is 0 Å². The van der Waals surface area contributed by atoms with Crippen LogP contribution in [0.25, 0.3) is 0 Å². The van der Waals surface area contributed by atoms with Gasteiger partial charge in [0.15, 0.2) is 5.83 Å². The average Bonchev–Trinajstić information content (AvgIpc) is 2.15. The third kappa shape index (κ3) is 8.52. The molecule has 0 aromatic carbocycles. The summed E-state index contributed by atoms with van der Waals surface area (Å²) in [4.78, 5) is 0. The van der Waals surface area contributed by atoms with Crippen molar-refractivity contribution in [2.45, 2.75) is 0 Å². The Labute approximate surface area is 72.4 Å². The summed E-state index contributed by atoms with van der Waals surface area (Å²) in [5, 5.41) is 0. The van der Waals surface area contributed by atoms with Crippen LogP contribution in [-0.2, 0) is 0 Å². The highest BCUT2D eigenvalue weighted by Crippen LogP contribution is 2.19. The average molecular weight is 198 g/mol. The quantitative estimate of drug-likeness (QED) is 0.460. The van der Waals surface area contributed by atoms with E-state index in [0.717, 1.165) is 0 Å². The van der Waals surface area contributed by atoms with Gasteiger partial charge in [0.1, 0.15) is 6.33 Å². The molecule has 0 fully saturated rings. The zero-order chi connectivity index (χ0) is 10.9. The lowest BCUT2D eigenvalue weighted by molar-refractivity contribution is 0.369. The molecule has 13 heavy (non-hydrogen) atoms. The van der Waals surface area contributed by atoms with Crippen LogP contribution in [0.4, 0.5) is 22.0 Å². The van der Waals surface area contributed by atoms with Crippen molar-refractivity contribution < 1.29 is 22.0 Å². The third-order valence-electron chi connectivity index (χ3n) is 0.638. The van der Waals surface area contributed by atoms with Gasteiger partial charge in [0.05, 0.1) is 0 Å². The molecule has 74 valence electrons.